The van der Waals surface area contributed by atoms with Gasteiger partial charge in [0.25, 0.3) is 0 Å². The van der Waals surface area contributed by atoms with E-state index in [0.29, 0.717) is 17.6 Å². The number of hydrogen-bond donors (Lipinski definition) is 1. The normalized spacial score (nSPS) is 18.6. The van der Waals surface area contributed by atoms with Crippen molar-refractivity contribution in [1.29, 1.82) is 0 Å². The van der Waals surface area contributed by atoms with E-state index in [1.807, 2.05) is 0 Å². The molecule has 0 bridgehead atoms. The van der Waals surface area contributed by atoms with Crippen molar-refractivity contribution in [2.75, 3.05) is 4.90 Å². The number of aromatic carboxylic acids is 1. The number of fused-ring (bicyclic) bond motifs is 1. The van der Waals surface area contributed by atoms with Crippen molar-refractivity contribution in [3.63, 3.8) is 0 Å². The van der Waals surface area contributed by atoms with Crippen molar-refractivity contribution in [3.8, 4) is 0 Å². The first-order valence-corrected chi connectivity index (χ1v) is 6.55. The fraction of sp³-hybridized carbons (Fsp3) is 0.462. The summed E-state index contributed by atoms with van der Waals surface area (Å²) in [7, 11) is 0. The van der Waals surface area contributed by atoms with Gasteiger partial charge in [0.15, 0.2) is 0 Å². The van der Waals surface area contributed by atoms with Gasteiger partial charge in [-0.1, -0.05) is 0 Å². The van der Waals surface area contributed by atoms with Gasteiger partial charge in [-0.2, -0.15) is 0 Å². The molecule has 1 heterocycles. The van der Waals surface area contributed by atoms with Gasteiger partial charge >= 0.3 is 5.97 Å². The number of carboxylic acid groups (broad SMARTS) is 1. The third kappa shape index (κ3) is 2.06. The number of benzene rings is 1. The van der Waals surface area contributed by atoms with Crippen molar-refractivity contribution in [2.24, 2.45) is 0 Å². The van der Waals surface area contributed by atoms with Gasteiger partial charge in [-0.15, -0.1) is 0 Å². The molecule has 1 aliphatic rings. The minimum Gasteiger partial charge on any atom is -0.478 e. The maximum Gasteiger partial charge on any atom is 0.335 e. The van der Waals surface area contributed by atoms with Gasteiger partial charge in [0.2, 0.25) is 0 Å². The van der Waals surface area contributed by atoms with Gasteiger partial charge in [0.1, 0.15) is 0 Å². The topological polar surface area (TPSA) is 40.5 Å². The van der Waals surface area contributed by atoms with Gasteiger partial charge in [-0.3, -0.25) is 0 Å². The number of hydrogen-bond acceptors (Lipinski definition) is 2. The highest BCUT2D eigenvalue weighted by molar-refractivity contribution is 9.10. The molecule has 3 nitrogen and oxygen atoms in total. The number of carboxylic acids is 1. The zero-order valence-electron chi connectivity index (χ0n) is 10.2. The fourth-order valence-electron chi connectivity index (χ4n) is 2.63. The Morgan fingerprint density at radius 2 is 2.18 bits per heavy atom. The van der Waals surface area contributed by atoms with Gasteiger partial charge in [-0.25, -0.2) is 4.79 Å². The number of rotatable bonds is 2. The number of anilines is 1. The molecule has 1 aromatic carbocycles. The van der Waals surface area contributed by atoms with Crippen molar-refractivity contribution >= 4 is 27.6 Å². The van der Waals surface area contributed by atoms with Gasteiger partial charge < -0.3 is 10.0 Å². The van der Waals surface area contributed by atoms with Crippen LogP contribution in [0.25, 0.3) is 0 Å². The summed E-state index contributed by atoms with van der Waals surface area (Å²) in [6.07, 6.45) is 0.910. The molecular weight excluding hydrogens is 282 g/mol. The second-order valence-electron chi connectivity index (χ2n) is 4.83. The molecule has 0 saturated carbocycles. The lowest BCUT2D eigenvalue weighted by molar-refractivity contribution is 0.0696. The smallest absolute Gasteiger partial charge is 0.335 e. The van der Waals surface area contributed by atoms with Crippen LogP contribution in [-0.2, 0) is 6.42 Å². The number of halogens is 1. The van der Waals surface area contributed by atoms with Crippen molar-refractivity contribution in [2.45, 2.75) is 39.3 Å². The molecule has 1 atom stereocenters. The maximum absolute atomic E-state index is 11.0. The summed E-state index contributed by atoms with van der Waals surface area (Å²) in [5, 5.41) is 9.05. The summed E-state index contributed by atoms with van der Waals surface area (Å²) < 4.78 is 0.880. The molecule has 1 N–H and O–H groups in total. The van der Waals surface area contributed by atoms with E-state index in [-0.39, 0.29) is 0 Å². The molecule has 0 spiro atoms. The van der Waals surface area contributed by atoms with E-state index in [0.717, 1.165) is 22.1 Å². The molecule has 1 aromatic rings. The lowest BCUT2D eigenvalue weighted by atomic mass is 10.1. The predicted molar refractivity (Wildman–Crippen MR) is 71.9 cm³/mol. The zero-order chi connectivity index (χ0) is 12.7. The average Bonchev–Trinajstić information content (AvgIpc) is 2.54. The molecule has 1 aliphatic heterocycles. The zero-order valence-corrected chi connectivity index (χ0v) is 11.8. The Bertz CT molecular complexity index is 471. The molecule has 0 fully saturated rings. The fourth-order valence-corrected chi connectivity index (χ4v) is 3.33. The Balaban J connectivity index is 2.54. The number of nitrogens with zero attached hydrogens (tertiary/aromatic N) is 1. The van der Waals surface area contributed by atoms with E-state index in [1.54, 1.807) is 12.1 Å². The molecule has 0 amide bonds. The average molecular weight is 298 g/mol. The highest BCUT2D eigenvalue weighted by Crippen LogP contribution is 2.40. The summed E-state index contributed by atoms with van der Waals surface area (Å²) in [6, 6.07) is 4.32. The molecule has 0 aliphatic carbocycles. The Labute approximate surface area is 110 Å². The third-order valence-corrected chi connectivity index (χ3v) is 3.80. The lowest BCUT2D eigenvalue weighted by Gasteiger charge is -2.30. The minimum absolute atomic E-state index is 0.355. The predicted octanol–water partition coefficient (Wildman–Crippen LogP) is 3.31. The monoisotopic (exact) mass is 297 g/mol. The maximum atomic E-state index is 11.0. The molecule has 0 saturated heterocycles. The summed E-state index contributed by atoms with van der Waals surface area (Å²) >= 11 is 3.50. The molecule has 17 heavy (non-hydrogen) atoms. The van der Waals surface area contributed by atoms with Crippen LogP contribution in [0.1, 0.15) is 36.7 Å². The van der Waals surface area contributed by atoms with Crippen LogP contribution in [0.2, 0.25) is 0 Å². The highest BCUT2D eigenvalue weighted by Gasteiger charge is 2.30. The largest absolute Gasteiger partial charge is 0.478 e. The molecular formula is C13H16BrNO2. The van der Waals surface area contributed by atoms with Crippen molar-refractivity contribution in [1.82, 2.24) is 0 Å². The van der Waals surface area contributed by atoms with Gasteiger partial charge in [0.05, 0.1) is 11.3 Å². The highest BCUT2D eigenvalue weighted by atomic mass is 79.9. The van der Waals surface area contributed by atoms with Crippen molar-refractivity contribution in [3.05, 3.63) is 27.7 Å². The van der Waals surface area contributed by atoms with Crippen molar-refractivity contribution < 1.29 is 9.90 Å². The molecule has 92 valence electrons. The molecule has 0 aromatic heterocycles. The van der Waals surface area contributed by atoms with E-state index in [1.165, 1.54) is 0 Å². The van der Waals surface area contributed by atoms with E-state index < -0.39 is 5.97 Å². The second-order valence-corrected chi connectivity index (χ2v) is 5.68. The molecule has 2 rings (SSSR count). The van der Waals surface area contributed by atoms with Gasteiger partial charge in [0, 0.05) is 16.6 Å². The lowest BCUT2D eigenvalue weighted by Crippen LogP contribution is -2.35. The van der Waals surface area contributed by atoms with E-state index in [4.69, 9.17) is 5.11 Å². The molecule has 0 radical (unpaired) electrons. The van der Waals surface area contributed by atoms with Gasteiger partial charge in [-0.05, 0) is 60.8 Å². The summed E-state index contributed by atoms with van der Waals surface area (Å²) in [4.78, 5) is 13.4. The Morgan fingerprint density at radius 3 is 2.71 bits per heavy atom. The summed E-state index contributed by atoms with van der Waals surface area (Å²) in [5.74, 6) is -0.871. The van der Waals surface area contributed by atoms with Crippen LogP contribution in [0.4, 0.5) is 5.69 Å². The quantitative estimate of drug-likeness (QED) is 0.910. The van der Waals surface area contributed by atoms with Crippen LogP contribution in [-0.4, -0.2) is 23.2 Å². The van der Waals surface area contributed by atoms with Crippen LogP contribution in [0.3, 0.4) is 0 Å². The third-order valence-electron chi connectivity index (χ3n) is 3.19. The van der Waals surface area contributed by atoms with Crippen LogP contribution < -0.4 is 4.90 Å². The Morgan fingerprint density at radius 1 is 1.53 bits per heavy atom. The van der Waals surface area contributed by atoms with Crippen LogP contribution in [0, 0.1) is 0 Å². The van der Waals surface area contributed by atoms with E-state index >= 15 is 0 Å². The van der Waals surface area contributed by atoms with Crippen LogP contribution >= 0.6 is 15.9 Å². The summed E-state index contributed by atoms with van der Waals surface area (Å²) in [6.45, 7) is 6.49. The first-order valence-electron chi connectivity index (χ1n) is 5.76. The summed E-state index contributed by atoms with van der Waals surface area (Å²) in [5.41, 5.74) is 2.63. The SMILES string of the molecule is CC(C)N1c2c(Br)cc(C(=O)O)cc2CC1C. The first-order chi connectivity index (χ1) is 7.91. The standard InChI is InChI=1S/C13H16BrNO2/c1-7(2)15-8(3)4-9-5-10(13(16)17)6-11(14)12(9)15/h5-8H,4H2,1-3H3,(H,16,17). The Hall–Kier alpha value is -1.03. The first kappa shape index (κ1) is 12.4. The molecule has 1 unspecified atom stereocenters. The second kappa shape index (κ2) is 4.33. The number of carbonyl (C=O) groups is 1. The Kier molecular flexibility index (Phi) is 3.17. The van der Waals surface area contributed by atoms with Crippen LogP contribution in [0.5, 0.6) is 0 Å². The minimum atomic E-state index is -0.871. The van der Waals surface area contributed by atoms with E-state index in [2.05, 4.69) is 41.6 Å². The van der Waals surface area contributed by atoms with E-state index in [9.17, 15) is 4.79 Å². The van der Waals surface area contributed by atoms with Crippen LogP contribution in [0.15, 0.2) is 16.6 Å². The molecule has 4 heteroatoms.